The lowest BCUT2D eigenvalue weighted by atomic mass is 10.1. The number of aromatic carboxylic acids is 1. The fourth-order valence-corrected chi connectivity index (χ4v) is 2.03. The monoisotopic (exact) mass is 284 g/mol. The van der Waals surface area contributed by atoms with E-state index in [4.69, 9.17) is 4.74 Å². The van der Waals surface area contributed by atoms with Gasteiger partial charge in [-0.1, -0.05) is 11.6 Å². The Morgan fingerprint density at radius 3 is 2.90 bits per heavy atom. The summed E-state index contributed by atoms with van der Waals surface area (Å²) in [6.07, 6.45) is 2.94. The second-order valence-corrected chi connectivity index (χ2v) is 4.59. The normalized spacial score (nSPS) is 10.8. The van der Waals surface area contributed by atoms with Crippen molar-refractivity contribution >= 4 is 17.0 Å². The van der Waals surface area contributed by atoms with Gasteiger partial charge in [0.15, 0.2) is 5.65 Å². The SMILES string of the molecule is Cc1ccc(Oc2ncnc3c2cnn3C)c(C(=O)O)c1. The van der Waals surface area contributed by atoms with E-state index in [1.54, 1.807) is 36.1 Å². The van der Waals surface area contributed by atoms with E-state index >= 15 is 0 Å². The average molecular weight is 284 g/mol. The molecule has 1 N–H and O–H groups in total. The van der Waals surface area contributed by atoms with Crippen LogP contribution in [0.4, 0.5) is 0 Å². The van der Waals surface area contributed by atoms with Crippen LogP contribution in [0.25, 0.3) is 11.0 Å². The molecule has 0 fully saturated rings. The highest BCUT2D eigenvalue weighted by atomic mass is 16.5. The number of benzene rings is 1. The first-order valence-electron chi connectivity index (χ1n) is 6.21. The van der Waals surface area contributed by atoms with Gasteiger partial charge in [-0.2, -0.15) is 5.10 Å². The minimum absolute atomic E-state index is 0.0886. The number of nitrogens with zero attached hydrogens (tertiary/aromatic N) is 4. The Labute approximate surface area is 119 Å². The molecule has 0 saturated carbocycles. The van der Waals surface area contributed by atoms with Crippen LogP contribution in [0.2, 0.25) is 0 Å². The third-order valence-corrected chi connectivity index (χ3v) is 3.06. The number of ether oxygens (including phenoxy) is 1. The van der Waals surface area contributed by atoms with E-state index < -0.39 is 5.97 Å². The number of carboxylic acid groups (broad SMARTS) is 1. The van der Waals surface area contributed by atoms with Gasteiger partial charge in [-0.15, -0.1) is 0 Å². The van der Waals surface area contributed by atoms with Gasteiger partial charge in [0, 0.05) is 7.05 Å². The number of aryl methyl sites for hydroxylation is 2. The van der Waals surface area contributed by atoms with Crippen LogP contribution in [-0.4, -0.2) is 30.8 Å². The Morgan fingerprint density at radius 1 is 1.33 bits per heavy atom. The molecule has 0 amide bonds. The van der Waals surface area contributed by atoms with Gasteiger partial charge in [0.05, 0.1) is 6.20 Å². The summed E-state index contributed by atoms with van der Waals surface area (Å²) in [5, 5.41) is 14.0. The predicted molar refractivity (Wildman–Crippen MR) is 74.5 cm³/mol. The summed E-state index contributed by atoms with van der Waals surface area (Å²) in [6.45, 7) is 1.82. The molecule has 1 aromatic carbocycles. The van der Waals surface area contributed by atoms with Gasteiger partial charge < -0.3 is 9.84 Å². The van der Waals surface area contributed by atoms with Crippen LogP contribution in [0, 0.1) is 6.92 Å². The fraction of sp³-hybridized carbons (Fsp3) is 0.143. The Morgan fingerprint density at radius 2 is 2.14 bits per heavy atom. The van der Waals surface area contributed by atoms with Crippen LogP contribution in [0.5, 0.6) is 11.6 Å². The third-order valence-electron chi connectivity index (χ3n) is 3.06. The number of aromatic nitrogens is 4. The minimum atomic E-state index is -1.05. The maximum absolute atomic E-state index is 11.3. The quantitative estimate of drug-likeness (QED) is 0.792. The molecule has 0 bridgehead atoms. The molecule has 3 rings (SSSR count). The van der Waals surface area contributed by atoms with Gasteiger partial charge in [0.25, 0.3) is 0 Å². The topological polar surface area (TPSA) is 90.1 Å². The van der Waals surface area contributed by atoms with Crippen molar-refractivity contribution in [2.24, 2.45) is 7.05 Å². The van der Waals surface area contributed by atoms with Gasteiger partial charge in [-0.05, 0) is 19.1 Å². The maximum atomic E-state index is 11.3. The Balaban J connectivity index is 2.09. The zero-order valence-electron chi connectivity index (χ0n) is 11.4. The second-order valence-electron chi connectivity index (χ2n) is 4.59. The molecular weight excluding hydrogens is 272 g/mol. The van der Waals surface area contributed by atoms with Crippen LogP contribution in [-0.2, 0) is 7.05 Å². The van der Waals surface area contributed by atoms with Crippen LogP contribution < -0.4 is 4.74 Å². The van der Waals surface area contributed by atoms with Crippen molar-refractivity contribution in [2.75, 3.05) is 0 Å². The molecule has 7 nitrogen and oxygen atoms in total. The van der Waals surface area contributed by atoms with Crippen molar-refractivity contribution in [3.63, 3.8) is 0 Å². The first-order chi connectivity index (χ1) is 10.1. The Kier molecular flexibility index (Phi) is 3.02. The summed E-state index contributed by atoms with van der Waals surface area (Å²) in [5.41, 5.74) is 1.55. The molecule has 0 saturated heterocycles. The van der Waals surface area contributed by atoms with Gasteiger partial charge in [-0.25, -0.2) is 14.8 Å². The van der Waals surface area contributed by atoms with Crippen molar-refractivity contribution in [2.45, 2.75) is 6.92 Å². The molecule has 0 unspecified atom stereocenters. The Hall–Kier alpha value is -2.96. The van der Waals surface area contributed by atoms with E-state index in [1.807, 2.05) is 6.92 Å². The standard InChI is InChI=1S/C14H12N4O3/c1-8-3-4-11(9(5-8)14(19)20)21-13-10-6-17-18(2)12(10)15-7-16-13/h3-7H,1-2H3,(H,19,20). The van der Waals surface area contributed by atoms with E-state index in [0.29, 0.717) is 11.0 Å². The van der Waals surface area contributed by atoms with Crippen molar-refractivity contribution in [3.8, 4) is 11.6 Å². The molecule has 0 spiro atoms. The highest BCUT2D eigenvalue weighted by Crippen LogP contribution is 2.29. The summed E-state index contributed by atoms with van der Waals surface area (Å²) in [4.78, 5) is 19.5. The maximum Gasteiger partial charge on any atom is 0.339 e. The number of rotatable bonds is 3. The molecule has 0 aliphatic carbocycles. The minimum Gasteiger partial charge on any atom is -0.478 e. The lowest BCUT2D eigenvalue weighted by molar-refractivity contribution is 0.0694. The van der Waals surface area contributed by atoms with E-state index in [9.17, 15) is 9.90 Å². The van der Waals surface area contributed by atoms with E-state index in [0.717, 1.165) is 5.56 Å². The van der Waals surface area contributed by atoms with Gasteiger partial charge in [-0.3, -0.25) is 4.68 Å². The number of carbonyl (C=O) groups is 1. The first kappa shape index (κ1) is 13.0. The summed E-state index contributed by atoms with van der Waals surface area (Å²) in [6, 6.07) is 4.95. The molecule has 106 valence electrons. The molecule has 0 radical (unpaired) electrons. The smallest absolute Gasteiger partial charge is 0.339 e. The summed E-state index contributed by atoms with van der Waals surface area (Å²) in [5.74, 6) is -0.540. The molecule has 2 aromatic heterocycles. The highest BCUT2D eigenvalue weighted by molar-refractivity contribution is 5.91. The molecule has 21 heavy (non-hydrogen) atoms. The van der Waals surface area contributed by atoms with Crippen molar-refractivity contribution in [1.82, 2.24) is 19.7 Å². The van der Waals surface area contributed by atoms with Crippen LogP contribution in [0.15, 0.2) is 30.7 Å². The molecule has 0 aliphatic rings. The van der Waals surface area contributed by atoms with Crippen LogP contribution in [0.3, 0.4) is 0 Å². The number of fused-ring (bicyclic) bond motifs is 1. The van der Waals surface area contributed by atoms with Crippen molar-refractivity contribution < 1.29 is 14.6 Å². The molecular formula is C14H12N4O3. The molecule has 7 heteroatoms. The van der Waals surface area contributed by atoms with Gasteiger partial charge >= 0.3 is 5.97 Å². The molecule has 0 aliphatic heterocycles. The van der Waals surface area contributed by atoms with E-state index in [1.165, 1.54) is 6.33 Å². The largest absolute Gasteiger partial charge is 0.478 e. The lowest BCUT2D eigenvalue weighted by Crippen LogP contribution is -2.01. The van der Waals surface area contributed by atoms with Crippen LogP contribution in [0.1, 0.15) is 15.9 Å². The molecule has 3 aromatic rings. The zero-order valence-corrected chi connectivity index (χ0v) is 11.4. The van der Waals surface area contributed by atoms with E-state index in [2.05, 4.69) is 15.1 Å². The fourth-order valence-electron chi connectivity index (χ4n) is 2.03. The van der Waals surface area contributed by atoms with Gasteiger partial charge in [0.2, 0.25) is 5.88 Å². The van der Waals surface area contributed by atoms with Crippen LogP contribution >= 0.6 is 0 Å². The first-order valence-corrected chi connectivity index (χ1v) is 6.21. The van der Waals surface area contributed by atoms with Crippen molar-refractivity contribution in [3.05, 3.63) is 41.9 Å². The Bertz CT molecular complexity index is 841. The lowest BCUT2D eigenvalue weighted by Gasteiger charge is -2.09. The number of carboxylic acids is 1. The highest BCUT2D eigenvalue weighted by Gasteiger charge is 2.15. The summed E-state index contributed by atoms with van der Waals surface area (Å²) < 4.78 is 7.26. The zero-order chi connectivity index (χ0) is 15.0. The number of hydrogen-bond donors (Lipinski definition) is 1. The van der Waals surface area contributed by atoms with Gasteiger partial charge in [0.1, 0.15) is 23.0 Å². The third kappa shape index (κ3) is 2.29. The second kappa shape index (κ2) is 4.86. The molecule has 0 atom stereocenters. The summed E-state index contributed by atoms with van der Waals surface area (Å²) >= 11 is 0. The van der Waals surface area contributed by atoms with Crippen molar-refractivity contribution in [1.29, 1.82) is 0 Å². The molecule has 2 heterocycles. The predicted octanol–water partition coefficient (Wildman–Crippen LogP) is 2.16. The van der Waals surface area contributed by atoms with E-state index in [-0.39, 0.29) is 17.2 Å². The number of hydrogen-bond acceptors (Lipinski definition) is 5. The summed E-state index contributed by atoms with van der Waals surface area (Å²) in [7, 11) is 1.76. The average Bonchev–Trinajstić information content (AvgIpc) is 2.83.